The molecular weight excluding hydrogens is 245 g/mol. The van der Waals surface area contributed by atoms with Crippen molar-refractivity contribution in [1.29, 1.82) is 0 Å². The highest BCUT2D eigenvalue weighted by atomic mass is 19.1. The summed E-state index contributed by atoms with van der Waals surface area (Å²) in [6, 6.07) is 9.18. The Morgan fingerprint density at radius 1 is 1.32 bits per heavy atom. The van der Waals surface area contributed by atoms with E-state index in [4.69, 9.17) is 0 Å². The summed E-state index contributed by atoms with van der Waals surface area (Å²) in [7, 11) is 3.34. The van der Waals surface area contributed by atoms with E-state index < -0.39 is 0 Å². The van der Waals surface area contributed by atoms with Crippen LogP contribution >= 0.6 is 0 Å². The molecule has 0 aliphatic carbocycles. The second-order valence-electron chi connectivity index (χ2n) is 4.02. The van der Waals surface area contributed by atoms with Crippen LogP contribution in [0.1, 0.15) is 10.4 Å². The Bertz CT molecular complexity index is 601. The maximum absolute atomic E-state index is 13.2. The average Bonchev–Trinajstić information content (AvgIpc) is 2.45. The number of halogens is 1. The van der Waals surface area contributed by atoms with Gasteiger partial charge in [0.15, 0.2) is 0 Å². The third-order valence-corrected chi connectivity index (χ3v) is 2.76. The van der Waals surface area contributed by atoms with E-state index in [-0.39, 0.29) is 11.7 Å². The quantitative estimate of drug-likeness (QED) is 0.921. The van der Waals surface area contributed by atoms with Crippen molar-refractivity contribution < 1.29 is 9.18 Å². The van der Waals surface area contributed by atoms with E-state index in [0.717, 1.165) is 0 Å². The summed E-state index contributed by atoms with van der Waals surface area (Å²) in [5.74, 6) is 0.0192. The van der Waals surface area contributed by atoms with Crippen molar-refractivity contribution in [2.75, 3.05) is 24.3 Å². The Labute approximate surface area is 110 Å². The van der Waals surface area contributed by atoms with Gasteiger partial charge in [0, 0.05) is 31.5 Å². The first-order valence-corrected chi connectivity index (χ1v) is 5.79. The molecule has 2 rings (SSSR count). The first-order valence-electron chi connectivity index (χ1n) is 5.79. The standard InChI is InChI=1S/C14H14FN3O/c1-16-13-8-10(6-7-17-13)14(19)18(2)12-5-3-4-11(15)9-12/h3-9H,1-2H3,(H,16,17). The van der Waals surface area contributed by atoms with Crippen LogP contribution < -0.4 is 10.2 Å². The first-order chi connectivity index (χ1) is 9.11. The second-order valence-corrected chi connectivity index (χ2v) is 4.02. The van der Waals surface area contributed by atoms with Crippen LogP contribution in [0.5, 0.6) is 0 Å². The zero-order chi connectivity index (χ0) is 13.8. The number of nitrogens with one attached hydrogen (secondary N) is 1. The van der Waals surface area contributed by atoms with Crippen molar-refractivity contribution in [3.8, 4) is 0 Å². The highest BCUT2D eigenvalue weighted by Gasteiger charge is 2.14. The number of benzene rings is 1. The van der Waals surface area contributed by atoms with Gasteiger partial charge in [0.2, 0.25) is 0 Å². The number of rotatable bonds is 3. The fourth-order valence-electron chi connectivity index (χ4n) is 1.70. The lowest BCUT2D eigenvalue weighted by Gasteiger charge is -2.17. The fourth-order valence-corrected chi connectivity index (χ4v) is 1.70. The molecule has 0 unspecified atom stereocenters. The summed E-state index contributed by atoms with van der Waals surface area (Å²) in [4.78, 5) is 17.7. The molecule has 0 saturated heterocycles. The van der Waals surface area contributed by atoms with Gasteiger partial charge in [-0.15, -0.1) is 0 Å². The predicted molar refractivity (Wildman–Crippen MR) is 72.9 cm³/mol. The van der Waals surface area contributed by atoms with E-state index in [9.17, 15) is 9.18 Å². The number of hydrogen-bond acceptors (Lipinski definition) is 3. The first kappa shape index (κ1) is 13.0. The van der Waals surface area contributed by atoms with Crippen molar-refractivity contribution in [1.82, 2.24) is 4.98 Å². The van der Waals surface area contributed by atoms with Crippen LogP contribution in [0.3, 0.4) is 0 Å². The zero-order valence-corrected chi connectivity index (χ0v) is 10.7. The van der Waals surface area contributed by atoms with E-state index in [1.54, 1.807) is 44.6 Å². The summed E-state index contributed by atoms with van der Waals surface area (Å²) in [5.41, 5.74) is 0.999. The van der Waals surface area contributed by atoms with Gasteiger partial charge in [0.25, 0.3) is 5.91 Å². The van der Waals surface area contributed by atoms with E-state index in [1.165, 1.54) is 17.0 Å². The van der Waals surface area contributed by atoms with Crippen LogP contribution in [-0.2, 0) is 0 Å². The van der Waals surface area contributed by atoms with Crippen molar-refractivity contribution in [3.63, 3.8) is 0 Å². The lowest BCUT2D eigenvalue weighted by Crippen LogP contribution is -2.26. The van der Waals surface area contributed by atoms with E-state index in [0.29, 0.717) is 17.1 Å². The van der Waals surface area contributed by atoms with Crippen LogP contribution in [-0.4, -0.2) is 25.0 Å². The zero-order valence-electron chi connectivity index (χ0n) is 10.7. The molecule has 0 radical (unpaired) electrons. The normalized spacial score (nSPS) is 10.1. The van der Waals surface area contributed by atoms with Gasteiger partial charge in [-0.2, -0.15) is 0 Å². The van der Waals surface area contributed by atoms with Crippen molar-refractivity contribution in [3.05, 3.63) is 54.0 Å². The number of aromatic nitrogens is 1. The Morgan fingerprint density at radius 2 is 2.11 bits per heavy atom. The minimum atomic E-state index is -0.372. The molecule has 0 fully saturated rings. The Balaban J connectivity index is 2.28. The molecule has 0 bridgehead atoms. The molecule has 0 aliphatic rings. The van der Waals surface area contributed by atoms with Gasteiger partial charge in [-0.1, -0.05) is 6.07 Å². The number of carbonyl (C=O) groups is 1. The average molecular weight is 259 g/mol. The van der Waals surface area contributed by atoms with Gasteiger partial charge >= 0.3 is 0 Å². The van der Waals surface area contributed by atoms with Crippen LogP contribution in [0.15, 0.2) is 42.6 Å². The molecule has 0 atom stereocenters. The lowest BCUT2D eigenvalue weighted by atomic mass is 10.2. The van der Waals surface area contributed by atoms with Crippen molar-refractivity contribution in [2.45, 2.75) is 0 Å². The number of pyridine rings is 1. The van der Waals surface area contributed by atoms with E-state index >= 15 is 0 Å². The molecule has 98 valence electrons. The third-order valence-electron chi connectivity index (χ3n) is 2.76. The molecule has 1 aromatic heterocycles. The van der Waals surface area contributed by atoms with Gasteiger partial charge < -0.3 is 10.2 Å². The molecule has 1 N–H and O–H groups in total. The largest absolute Gasteiger partial charge is 0.373 e. The maximum atomic E-state index is 13.2. The van der Waals surface area contributed by atoms with Gasteiger partial charge in [-0.3, -0.25) is 4.79 Å². The van der Waals surface area contributed by atoms with Gasteiger partial charge in [-0.05, 0) is 30.3 Å². The van der Waals surface area contributed by atoms with Crippen molar-refractivity contribution >= 4 is 17.4 Å². The SMILES string of the molecule is CNc1cc(C(=O)N(C)c2cccc(F)c2)ccn1. The fraction of sp³-hybridized carbons (Fsp3) is 0.143. The summed E-state index contributed by atoms with van der Waals surface area (Å²) in [6.45, 7) is 0. The molecule has 1 amide bonds. The van der Waals surface area contributed by atoms with E-state index in [1.807, 2.05) is 0 Å². The number of amides is 1. The topological polar surface area (TPSA) is 45.2 Å². The van der Waals surface area contributed by atoms with Gasteiger partial charge in [0.1, 0.15) is 11.6 Å². The minimum Gasteiger partial charge on any atom is -0.373 e. The number of anilines is 2. The maximum Gasteiger partial charge on any atom is 0.258 e. The van der Waals surface area contributed by atoms with Crippen LogP contribution in [0.4, 0.5) is 15.9 Å². The third kappa shape index (κ3) is 2.88. The summed E-state index contributed by atoms with van der Waals surface area (Å²) in [6.07, 6.45) is 1.55. The molecule has 0 saturated carbocycles. The Morgan fingerprint density at radius 3 is 2.79 bits per heavy atom. The number of carbonyl (C=O) groups excluding carboxylic acids is 1. The number of nitrogens with zero attached hydrogens (tertiary/aromatic N) is 2. The summed E-state index contributed by atoms with van der Waals surface area (Å²) in [5, 5.41) is 2.87. The smallest absolute Gasteiger partial charge is 0.258 e. The van der Waals surface area contributed by atoms with Gasteiger partial charge in [0.05, 0.1) is 0 Å². The highest BCUT2D eigenvalue weighted by Crippen LogP contribution is 2.17. The van der Waals surface area contributed by atoms with E-state index in [2.05, 4.69) is 10.3 Å². The lowest BCUT2D eigenvalue weighted by molar-refractivity contribution is 0.0993. The summed E-state index contributed by atoms with van der Waals surface area (Å²) >= 11 is 0. The van der Waals surface area contributed by atoms with Gasteiger partial charge in [-0.25, -0.2) is 9.37 Å². The molecule has 5 heteroatoms. The summed E-state index contributed by atoms with van der Waals surface area (Å²) < 4.78 is 13.2. The van der Waals surface area contributed by atoms with Crippen molar-refractivity contribution in [2.24, 2.45) is 0 Å². The predicted octanol–water partition coefficient (Wildman–Crippen LogP) is 2.54. The highest BCUT2D eigenvalue weighted by molar-refractivity contribution is 6.06. The Hall–Kier alpha value is -2.43. The van der Waals surface area contributed by atoms with Crippen LogP contribution in [0, 0.1) is 5.82 Å². The molecule has 4 nitrogen and oxygen atoms in total. The molecule has 19 heavy (non-hydrogen) atoms. The van der Waals surface area contributed by atoms with Crippen LogP contribution in [0.2, 0.25) is 0 Å². The monoisotopic (exact) mass is 259 g/mol. The molecule has 1 heterocycles. The van der Waals surface area contributed by atoms with Crippen LogP contribution in [0.25, 0.3) is 0 Å². The molecule has 2 aromatic rings. The molecule has 0 spiro atoms. The minimum absolute atomic E-state index is 0.218. The molecular formula is C14H14FN3O. The number of hydrogen-bond donors (Lipinski definition) is 1. The molecule has 0 aliphatic heterocycles. The second kappa shape index (κ2) is 5.48. The Kier molecular flexibility index (Phi) is 3.75. The molecule has 1 aromatic carbocycles.